The number of carbonyl (C=O) groups excluding carboxylic acids is 1. The second-order valence-corrected chi connectivity index (χ2v) is 9.21. The number of esters is 1. The third-order valence-electron chi connectivity index (χ3n) is 4.95. The van der Waals surface area contributed by atoms with Gasteiger partial charge in [0.25, 0.3) is 0 Å². The van der Waals surface area contributed by atoms with Crippen LogP contribution in [0.15, 0.2) is 36.4 Å². The summed E-state index contributed by atoms with van der Waals surface area (Å²) in [7, 11) is 0. The maximum atomic E-state index is 12.7. The summed E-state index contributed by atoms with van der Waals surface area (Å²) in [6.45, 7) is 15.2. The van der Waals surface area contributed by atoms with Crippen molar-refractivity contribution in [2.45, 2.75) is 65.2 Å². The van der Waals surface area contributed by atoms with E-state index in [1.165, 1.54) is 11.1 Å². The SMILES string of the molecule is Cc1ccc(C2C(=O)Oc3c2cc(C(C)(C)C)cc3C(C)(C)C)cc1. The summed E-state index contributed by atoms with van der Waals surface area (Å²) in [6, 6.07) is 12.6. The molecule has 2 nitrogen and oxygen atoms in total. The number of aryl methyl sites for hydroxylation is 1. The summed E-state index contributed by atoms with van der Waals surface area (Å²) >= 11 is 0. The quantitative estimate of drug-likeness (QED) is 0.497. The molecule has 0 amide bonds. The number of fused-ring (bicyclic) bond motifs is 1. The standard InChI is InChI=1S/C23H28O2/c1-14-8-10-15(11-9-14)19-17-12-16(22(2,3)4)13-18(23(5,6)7)20(17)25-21(19)24/h8-13,19H,1-7H3. The van der Waals surface area contributed by atoms with Crippen molar-refractivity contribution < 1.29 is 9.53 Å². The zero-order valence-corrected chi connectivity index (χ0v) is 16.4. The van der Waals surface area contributed by atoms with Crippen LogP contribution in [0.25, 0.3) is 0 Å². The molecule has 2 heteroatoms. The summed E-state index contributed by atoms with van der Waals surface area (Å²) in [5, 5.41) is 0. The molecule has 0 bridgehead atoms. The first kappa shape index (κ1) is 17.7. The molecule has 1 atom stereocenters. The van der Waals surface area contributed by atoms with Crippen LogP contribution in [0, 0.1) is 6.92 Å². The lowest BCUT2D eigenvalue weighted by atomic mass is 9.77. The third kappa shape index (κ3) is 3.22. The Labute approximate surface area is 151 Å². The van der Waals surface area contributed by atoms with Crippen LogP contribution in [0.1, 0.15) is 75.3 Å². The van der Waals surface area contributed by atoms with Crippen LogP contribution in [0.4, 0.5) is 0 Å². The van der Waals surface area contributed by atoms with Gasteiger partial charge in [-0.25, -0.2) is 0 Å². The van der Waals surface area contributed by atoms with Gasteiger partial charge in [-0.15, -0.1) is 0 Å². The second kappa shape index (κ2) is 5.72. The summed E-state index contributed by atoms with van der Waals surface area (Å²) < 4.78 is 5.79. The molecule has 2 aromatic carbocycles. The van der Waals surface area contributed by atoms with Gasteiger partial charge in [0.15, 0.2) is 0 Å². The predicted octanol–water partition coefficient (Wildman–Crippen LogP) is 5.64. The number of ether oxygens (including phenoxy) is 1. The molecule has 1 heterocycles. The molecule has 25 heavy (non-hydrogen) atoms. The number of carbonyl (C=O) groups is 1. The van der Waals surface area contributed by atoms with Crippen LogP contribution in [-0.4, -0.2) is 5.97 Å². The zero-order valence-electron chi connectivity index (χ0n) is 16.4. The van der Waals surface area contributed by atoms with Crippen LogP contribution < -0.4 is 4.74 Å². The minimum atomic E-state index is -0.334. The Kier molecular flexibility index (Phi) is 4.06. The van der Waals surface area contributed by atoms with Crippen LogP contribution in [-0.2, 0) is 15.6 Å². The van der Waals surface area contributed by atoms with Crippen molar-refractivity contribution in [3.05, 3.63) is 64.2 Å². The van der Waals surface area contributed by atoms with E-state index < -0.39 is 0 Å². The van der Waals surface area contributed by atoms with Gasteiger partial charge in [0.1, 0.15) is 11.7 Å². The lowest BCUT2D eigenvalue weighted by molar-refractivity contribution is -0.133. The number of hydrogen-bond donors (Lipinski definition) is 0. The Bertz CT molecular complexity index is 815. The summed E-state index contributed by atoms with van der Waals surface area (Å²) in [5.41, 5.74) is 5.47. The molecule has 0 aromatic heterocycles. The molecule has 3 rings (SSSR count). The zero-order chi connectivity index (χ0) is 18.6. The topological polar surface area (TPSA) is 26.3 Å². The average Bonchev–Trinajstić information content (AvgIpc) is 2.81. The Morgan fingerprint density at radius 3 is 2.00 bits per heavy atom. The molecule has 0 fully saturated rings. The van der Waals surface area contributed by atoms with E-state index in [1.54, 1.807) is 0 Å². The highest BCUT2D eigenvalue weighted by atomic mass is 16.5. The monoisotopic (exact) mass is 336 g/mol. The molecule has 0 N–H and O–H groups in total. The van der Waals surface area contributed by atoms with E-state index in [-0.39, 0.29) is 22.7 Å². The highest BCUT2D eigenvalue weighted by molar-refractivity contribution is 5.90. The number of hydrogen-bond acceptors (Lipinski definition) is 2. The van der Waals surface area contributed by atoms with E-state index in [0.29, 0.717) is 0 Å². The van der Waals surface area contributed by atoms with E-state index in [2.05, 4.69) is 72.7 Å². The van der Waals surface area contributed by atoms with E-state index in [4.69, 9.17) is 4.74 Å². The first-order chi connectivity index (χ1) is 11.5. The van der Waals surface area contributed by atoms with E-state index in [0.717, 1.165) is 22.4 Å². The third-order valence-corrected chi connectivity index (χ3v) is 4.95. The second-order valence-electron chi connectivity index (χ2n) is 9.21. The molecular formula is C23H28O2. The van der Waals surface area contributed by atoms with Gasteiger partial charge in [-0.3, -0.25) is 4.79 Å². The van der Waals surface area contributed by atoms with Crippen LogP contribution in [0.2, 0.25) is 0 Å². The lowest BCUT2D eigenvalue weighted by Crippen LogP contribution is -2.17. The molecule has 0 saturated heterocycles. The lowest BCUT2D eigenvalue weighted by Gasteiger charge is -2.27. The van der Waals surface area contributed by atoms with Gasteiger partial charge in [0, 0.05) is 11.1 Å². The molecule has 1 aliphatic rings. The maximum Gasteiger partial charge on any atom is 0.323 e. The van der Waals surface area contributed by atoms with Crippen molar-refractivity contribution in [3.63, 3.8) is 0 Å². The van der Waals surface area contributed by atoms with Gasteiger partial charge in [0.2, 0.25) is 0 Å². The fourth-order valence-corrected chi connectivity index (χ4v) is 3.33. The minimum Gasteiger partial charge on any atom is -0.425 e. The normalized spacial score (nSPS) is 17.4. The Hall–Kier alpha value is -2.09. The van der Waals surface area contributed by atoms with Crippen molar-refractivity contribution in [3.8, 4) is 5.75 Å². The van der Waals surface area contributed by atoms with E-state index in [9.17, 15) is 4.79 Å². The molecule has 0 radical (unpaired) electrons. The molecule has 0 saturated carbocycles. The van der Waals surface area contributed by atoms with Crippen molar-refractivity contribution in [1.82, 2.24) is 0 Å². The molecule has 1 aliphatic heterocycles. The molecule has 0 spiro atoms. The van der Waals surface area contributed by atoms with Crippen molar-refractivity contribution in [2.75, 3.05) is 0 Å². The highest BCUT2D eigenvalue weighted by Crippen LogP contribution is 2.47. The summed E-state index contributed by atoms with van der Waals surface area (Å²) in [4.78, 5) is 12.7. The van der Waals surface area contributed by atoms with Crippen molar-refractivity contribution in [1.29, 1.82) is 0 Å². The van der Waals surface area contributed by atoms with Crippen molar-refractivity contribution >= 4 is 5.97 Å². The van der Waals surface area contributed by atoms with Gasteiger partial charge in [-0.2, -0.15) is 0 Å². The fourth-order valence-electron chi connectivity index (χ4n) is 3.33. The van der Waals surface area contributed by atoms with Gasteiger partial charge in [-0.1, -0.05) is 83.5 Å². The first-order valence-electron chi connectivity index (χ1n) is 8.95. The van der Waals surface area contributed by atoms with Gasteiger partial charge >= 0.3 is 5.97 Å². The fraction of sp³-hybridized carbons (Fsp3) is 0.435. The number of benzene rings is 2. The largest absolute Gasteiger partial charge is 0.425 e. The van der Waals surface area contributed by atoms with Gasteiger partial charge < -0.3 is 4.74 Å². The average molecular weight is 336 g/mol. The van der Waals surface area contributed by atoms with Crippen LogP contribution in [0.5, 0.6) is 5.75 Å². The van der Waals surface area contributed by atoms with E-state index in [1.807, 2.05) is 12.1 Å². The van der Waals surface area contributed by atoms with Gasteiger partial charge in [-0.05, 0) is 28.9 Å². The van der Waals surface area contributed by atoms with Crippen LogP contribution >= 0.6 is 0 Å². The first-order valence-corrected chi connectivity index (χ1v) is 8.95. The smallest absolute Gasteiger partial charge is 0.323 e. The van der Waals surface area contributed by atoms with Crippen LogP contribution in [0.3, 0.4) is 0 Å². The minimum absolute atomic E-state index is 0.0124. The number of rotatable bonds is 1. The summed E-state index contributed by atoms with van der Waals surface area (Å²) in [5.74, 6) is 0.255. The molecule has 0 aliphatic carbocycles. The molecule has 2 aromatic rings. The Morgan fingerprint density at radius 2 is 1.48 bits per heavy atom. The van der Waals surface area contributed by atoms with Crippen molar-refractivity contribution in [2.24, 2.45) is 0 Å². The molecule has 1 unspecified atom stereocenters. The highest BCUT2D eigenvalue weighted by Gasteiger charge is 2.39. The molecular weight excluding hydrogens is 308 g/mol. The summed E-state index contributed by atoms with van der Waals surface area (Å²) in [6.07, 6.45) is 0. The maximum absolute atomic E-state index is 12.7. The van der Waals surface area contributed by atoms with Gasteiger partial charge in [0.05, 0.1) is 0 Å². The Balaban J connectivity index is 2.24. The molecule has 132 valence electrons. The van der Waals surface area contributed by atoms with E-state index >= 15 is 0 Å². The Morgan fingerprint density at radius 1 is 0.880 bits per heavy atom. The predicted molar refractivity (Wildman–Crippen MR) is 102 cm³/mol.